The fourth-order valence-electron chi connectivity index (χ4n) is 5.85. The van der Waals surface area contributed by atoms with Gasteiger partial charge in [0, 0.05) is 0 Å². The summed E-state index contributed by atoms with van der Waals surface area (Å²) in [6, 6.07) is 7.20. The number of rotatable bonds is 3. The van der Waals surface area contributed by atoms with E-state index in [4.69, 9.17) is 4.74 Å². The SMILES string of the molecule is O=C(OCc1nc2ccccc2c(=O)[nH]1)C12CC3CC(CC(C3)C1)C2. The fraction of sp³-hybridized carbons (Fsp3) is 0.550. The summed E-state index contributed by atoms with van der Waals surface area (Å²) in [5, 5.41) is 0.554. The van der Waals surface area contributed by atoms with Gasteiger partial charge in [0.25, 0.3) is 5.56 Å². The number of carbonyl (C=O) groups is 1. The molecule has 1 aromatic carbocycles. The van der Waals surface area contributed by atoms with Crippen molar-refractivity contribution in [1.29, 1.82) is 0 Å². The zero-order chi connectivity index (χ0) is 17.0. The van der Waals surface area contributed by atoms with Gasteiger partial charge in [-0.1, -0.05) is 12.1 Å². The molecule has 1 N–H and O–H groups in total. The van der Waals surface area contributed by atoms with Crippen LogP contribution in [0.5, 0.6) is 0 Å². The molecule has 25 heavy (non-hydrogen) atoms. The predicted molar refractivity (Wildman–Crippen MR) is 92.8 cm³/mol. The molecule has 4 bridgehead atoms. The number of fused-ring (bicyclic) bond motifs is 1. The first kappa shape index (κ1) is 15.1. The number of para-hydroxylation sites is 1. The van der Waals surface area contributed by atoms with E-state index < -0.39 is 0 Å². The summed E-state index contributed by atoms with van der Waals surface area (Å²) in [6.45, 7) is 0.0423. The van der Waals surface area contributed by atoms with Crippen LogP contribution >= 0.6 is 0 Å². The first-order valence-electron chi connectivity index (χ1n) is 9.26. The Labute approximate surface area is 145 Å². The molecule has 4 fully saturated rings. The van der Waals surface area contributed by atoms with Crippen LogP contribution in [-0.2, 0) is 16.1 Å². The average molecular weight is 338 g/mol. The lowest BCUT2D eigenvalue weighted by Gasteiger charge is -2.55. The standard InChI is InChI=1S/C20H22N2O3/c23-18-15-3-1-2-4-16(15)21-17(22-18)11-25-19(24)20-8-12-5-13(9-20)7-14(6-12)10-20/h1-4,12-14H,5-11H2,(H,21,22,23). The summed E-state index contributed by atoms with van der Waals surface area (Å²) in [5.41, 5.74) is 0.171. The van der Waals surface area contributed by atoms with Gasteiger partial charge in [-0.3, -0.25) is 9.59 Å². The topological polar surface area (TPSA) is 72.0 Å². The first-order valence-corrected chi connectivity index (χ1v) is 9.26. The van der Waals surface area contributed by atoms with Crippen LogP contribution in [0.15, 0.2) is 29.1 Å². The molecule has 0 saturated heterocycles. The lowest BCUT2D eigenvalue weighted by atomic mass is 9.49. The summed E-state index contributed by atoms with van der Waals surface area (Å²) < 4.78 is 5.65. The van der Waals surface area contributed by atoms with Crippen molar-refractivity contribution in [2.75, 3.05) is 0 Å². The molecule has 6 rings (SSSR count). The van der Waals surface area contributed by atoms with Crippen LogP contribution in [-0.4, -0.2) is 15.9 Å². The molecule has 4 aliphatic rings. The normalized spacial score (nSPS) is 32.9. The molecule has 0 aliphatic heterocycles. The molecule has 4 aliphatic carbocycles. The van der Waals surface area contributed by atoms with Crippen LogP contribution in [0.25, 0.3) is 10.9 Å². The lowest BCUT2D eigenvalue weighted by Crippen LogP contribution is -2.50. The van der Waals surface area contributed by atoms with Gasteiger partial charge in [-0.15, -0.1) is 0 Å². The minimum absolute atomic E-state index is 0.0423. The monoisotopic (exact) mass is 338 g/mol. The third kappa shape index (κ3) is 2.48. The number of aromatic amines is 1. The number of nitrogens with one attached hydrogen (secondary N) is 1. The van der Waals surface area contributed by atoms with Gasteiger partial charge < -0.3 is 9.72 Å². The van der Waals surface area contributed by atoms with Crippen LogP contribution in [0, 0.1) is 23.2 Å². The van der Waals surface area contributed by atoms with Gasteiger partial charge in [-0.05, 0) is 68.4 Å². The van der Waals surface area contributed by atoms with Crippen molar-refractivity contribution in [3.63, 3.8) is 0 Å². The Bertz CT molecular complexity index is 866. The number of esters is 1. The van der Waals surface area contributed by atoms with Gasteiger partial charge in [0.1, 0.15) is 12.4 Å². The minimum atomic E-state index is -0.272. The third-order valence-corrected chi connectivity index (χ3v) is 6.47. The van der Waals surface area contributed by atoms with E-state index in [1.165, 1.54) is 19.3 Å². The second kappa shape index (κ2) is 5.41. The maximum absolute atomic E-state index is 12.9. The number of nitrogens with zero attached hydrogens (tertiary/aromatic N) is 1. The predicted octanol–water partition coefficient (Wildman–Crippen LogP) is 3.18. The van der Waals surface area contributed by atoms with Crippen LogP contribution in [0.2, 0.25) is 0 Å². The maximum Gasteiger partial charge on any atom is 0.312 e. The van der Waals surface area contributed by atoms with Gasteiger partial charge in [-0.25, -0.2) is 4.98 Å². The highest BCUT2D eigenvalue weighted by Crippen LogP contribution is 2.60. The van der Waals surface area contributed by atoms with E-state index in [-0.39, 0.29) is 23.6 Å². The van der Waals surface area contributed by atoms with Crippen LogP contribution < -0.4 is 5.56 Å². The highest BCUT2D eigenvalue weighted by molar-refractivity contribution is 5.78. The molecule has 0 unspecified atom stereocenters. The van der Waals surface area contributed by atoms with E-state index in [0.29, 0.717) is 34.5 Å². The Hall–Kier alpha value is -2.17. The quantitative estimate of drug-likeness (QED) is 0.873. The minimum Gasteiger partial charge on any atom is -0.457 e. The van der Waals surface area contributed by atoms with Gasteiger partial charge in [-0.2, -0.15) is 0 Å². The van der Waals surface area contributed by atoms with Crippen molar-refractivity contribution in [2.24, 2.45) is 23.2 Å². The molecule has 0 amide bonds. The number of aromatic nitrogens is 2. The largest absolute Gasteiger partial charge is 0.457 e. The fourth-order valence-corrected chi connectivity index (χ4v) is 5.85. The van der Waals surface area contributed by atoms with Crippen molar-refractivity contribution in [3.8, 4) is 0 Å². The van der Waals surface area contributed by atoms with Crippen molar-refractivity contribution >= 4 is 16.9 Å². The number of hydrogen-bond acceptors (Lipinski definition) is 4. The molecule has 1 heterocycles. The molecule has 0 atom stereocenters. The van der Waals surface area contributed by atoms with Gasteiger partial charge in [0.05, 0.1) is 16.3 Å². The summed E-state index contributed by atoms with van der Waals surface area (Å²) in [7, 11) is 0. The van der Waals surface area contributed by atoms with Gasteiger partial charge in [0.2, 0.25) is 0 Å². The second-order valence-corrected chi connectivity index (χ2v) is 8.30. The smallest absolute Gasteiger partial charge is 0.312 e. The lowest BCUT2D eigenvalue weighted by molar-refractivity contribution is -0.173. The van der Waals surface area contributed by atoms with Crippen molar-refractivity contribution in [3.05, 3.63) is 40.4 Å². The zero-order valence-electron chi connectivity index (χ0n) is 14.2. The molecule has 5 heteroatoms. The van der Waals surface area contributed by atoms with Crippen LogP contribution in [0.1, 0.15) is 44.3 Å². The average Bonchev–Trinajstić information content (AvgIpc) is 2.58. The Morgan fingerprint density at radius 2 is 1.76 bits per heavy atom. The van der Waals surface area contributed by atoms with E-state index in [2.05, 4.69) is 9.97 Å². The molecular formula is C20H22N2O3. The first-order chi connectivity index (χ1) is 12.1. The molecule has 130 valence electrons. The molecule has 0 radical (unpaired) electrons. The van der Waals surface area contributed by atoms with Crippen molar-refractivity contribution in [1.82, 2.24) is 9.97 Å². The van der Waals surface area contributed by atoms with Gasteiger partial charge in [0.15, 0.2) is 0 Å². The number of carbonyl (C=O) groups excluding carboxylic acids is 1. The summed E-state index contributed by atoms with van der Waals surface area (Å²) >= 11 is 0. The number of hydrogen-bond donors (Lipinski definition) is 1. The van der Waals surface area contributed by atoms with Crippen molar-refractivity contribution in [2.45, 2.75) is 45.1 Å². The zero-order valence-corrected chi connectivity index (χ0v) is 14.2. The second-order valence-electron chi connectivity index (χ2n) is 8.30. The Morgan fingerprint density at radius 3 is 2.44 bits per heavy atom. The molecule has 4 saturated carbocycles. The summed E-state index contributed by atoms with van der Waals surface area (Å²) in [5.74, 6) is 2.45. The molecule has 2 aromatic rings. The number of benzene rings is 1. The number of H-pyrrole nitrogens is 1. The van der Waals surface area contributed by atoms with E-state index in [1.807, 2.05) is 12.1 Å². The Kier molecular flexibility index (Phi) is 3.27. The highest BCUT2D eigenvalue weighted by Gasteiger charge is 2.55. The van der Waals surface area contributed by atoms with E-state index in [1.54, 1.807) is 12.1 Å². The van der Waals surface area contributed by atoms with E-state index in [0.717, 1.165) is 19.3 Å². The summed E-state index contributed by atoms with van der Waals surface area (Å²) in [4.78, 5) is 32.2. The molecular weight excluding hydrogens is 316 g/mol. The molecule has 0 spiro atoms. The van der Waals surface area contributed by atoms with E-state index >= 15 is 0 Å². The maximum atomic E-state index is 12.9. The van der Waals surface area contributed by atoms with Gasteiger partial charge >= 0.3 is 5.97 Å². The molecule has 5 nitrogen and oxygen atoms in total. The van der Waals surface area contributed by atoms with Crippen molar-refractivity contribution < 1.29 is 9.53 Å². The van der Waals surface area contributed by atoms with Crippen LogP contribution in [0.4, 0.5) is 0 Å². The Morgan fingerprint density at radius 1 is 1.12 bits per heavy atom. The van der Waals surface area contributed by atoms with Crippen LogP contribution in [0.3, 0.4) is 0 Å². The molecule has 1 aromatic heterocycles. The summed E-state index contributed by atoms with van der Waals surface area (Å²) in [6.07, 6.45) is 6.85. The highest BCUT2D eigenvalue weighted by atomic mass is 16.5. The third-order valence-electron chi connectivity index (χ3n) is 6.47. The van der Waals surface area contributed by atoms with E-state index in [9.17, 15) is 9.59 Å². The Balaban J connectivity index is 1.35. The number of ether oxygens (including phenoxy) is 1.